The van der Waals surface area contributed by atoms with Gasteiger partial charge in [-0.2, -0.15) is 0 Å². The monoisotopic (exact) mass is 243 g/mol. The second-order valence-corrected chi connectivity index (χ2v) is 5.85. The van der Waals surface area contributed by atoms with Gasteiger partial charge in [0.15, 0.2) is 9.84 Å². The van der Waals surface area contributed by atoms with Gasteiger partial charge in [-0.3, -0.25) is 0 Å². The van der Waals surface area contributed by atoms with Crippen LogP contribution >= 0.6 is 0 Å². The van der Waals surface area contributed by atoms with E-state index in [2.05, 4.69) is 0 Å². The number of nitrogens with two attached hydrogens (primary N) is 1. The molecule has 16 heavy (non-hydrogen) atoms. The van der Waals surface area contributed by atoms with Gasteiger partial charge in [-0.15, -0.1) is 0 Å². The molecule has 0 radical (unpaired) electrons. The predicted molar refractivity (Wildman–Crippen MR) is 63.1 cm³/mol. The summed E-state index contributed by atoms with van der Waals surface area (Å²) in [4.78, 5) is 0.330. The Labute approximate surface area is 96.3 Å². The Morgan fingerprint density at radius 1 is 1.31 bits per heavy atom. The Hall–Kier alpha value is -0.910. The van der Waals surface area contributed by atoms with Crippen LogP contribution in [0.2, 0.25) is 0 Å². The molecule has 0 heterocycles. The zero-order valence-electron chi connectivity index (χ0n) is 9.51. The van der Waals surface area contributed by atoms with Crippen molar-refractivity contribution < 1.29 is 13.2 Å². The van der Waals surface area contributed by atoms with Crippen molar-refractivity contribution in [2.45, 2.75) is 17.4 Å². The van der Waals surface area contributed by atoms with E-state index in [4.69, 9.17) is 10.5 Å². The zero-order chi connectivity index (χ0) is 12.2. The van der Waals surface area contributed by atoms with Crippen molar-refractivity contribution >= 4 is 9.84 Å². The minimum Gasteiger partial charge on any atom is -0.383 e. The van der Waals surface area contributed by atoms with Gasteiger partial charge < -0.3 is 10.5 Å². The number of ether oxygens (including phenoxy) is 1. The van der Waals surface area contributed by atoms with E-state index in [-0.39, 0.29) is 6.04 Å². The molecule has 0 bridgehead atoms. The molecule has 1 unspecified atom stereocenters. The molecule has 0 fully saturated rings. The second kappa shape index (κ2) is 5.43. The summed E-state index contributed by atoms with van der Waals surface area (Å²) >= 11 is 0. The van der Waals surface area contributed by atoms with Gasteiger partial charge in [0.05, 0.1) is 11.5 Å². The minimum atomic E-state index is -3.11. The van der Waals surface area contributed by atoms with Crippen molar-refractivity contribution in [3.63, 3.8) is 0 Å². The summed E-state index contributed by atoms with van der Waals surface area (Å²) < 4.78 is 27.4. The summed E-state index contributed by atoms with van der Waals surface area (Å²) in [6, 6.07) is 6.71. The lowest BCUT2D eigenvalue weighted by Gasteiger charge is -2.10. The summed E-state index contributed by atoms with van der Waals surface area (Å²) in [5.74, 6) is 0. The molecule has 0 aliphatic carbocycles. The van der Waals surface area contributed by atoms with Gasteiger partial charge in [-0.05, 0) is 24.1 Å². The summed E-state index contributed by atoms with van der Waals surface area (Å²) in [7, 11) is -1.51. The summed E-state index contributed by atoms with van der Waals surface area (Å²) in [5.41, 5.74) is 6.81. The summed E-state index contributed by atoms with van der Waals surface area (Å²) in [6.07, 6.45) is 1.87. The van der Waals surface area contributed by atoms with Gasteiger partial charge in [-0.25, -0.2) is 8.42 Å². The predicted octanol–water partition coefficient (Wildman–Crippen LogP) is 0.606. The fourth-order valence-corrected chi connectivity index (χ4v) is 2.08. The molecule has 1 atom stereocenters. The molecular formula is C11H17NO3S. The van der Waals surface area contributed by atoms with E-state index >= 15 is 0 Å². The summed E-state index contributed by atoms with van der Waals surface area (Å²) in [5, 5.41) is 0. The van der Waals surface area contributed by atoms with Crippen LogP contribution < -0.4 is 5.73 Å². The van der Waals surface area contributed by atoms with Crippen LogP contribution in [-0.2, 0) is 21.0 Å². The minimum absolute atomic E-state index is 0.0610. The van der Waals surface area contributed by atoms with Crippen molar-refractivity contribution in [3.8, 4) is 0 Å². The van der Waals surface area contributed by atoms with Crippen LogP contribution in [0.1, 0.15) is 5.56 Å². The first-order chi connectivity index (χ1) is 7.43. The molecule has 0 aromatic heterocycles. The van der Waals surface area contributed by atoms with Crippen LogP contribution in [0.4, 0.5) is 0 Å². The normalized spacial score (nSPS) is 13.7. The standard InChI is InChI=1S/C11H17NO3S/c1-15-8-10(12)7-9-3-5-11(6-4-9)16(2,13)14/h3-6,10H,7-8,12H2,1-2H3. The average molecular weight is 243 g/mol. The highest BCUT2D eigenvalue weighted by Crippen LogP contribution is 2.11. The Kier molecular flexibility index (Phi) is 4.46. The second-order valence-electron chi connectivity index (χ2n) is 3.84. The van der Waals surface area contributed by atoms with Gasteiger partial charge in [0.2, 0.25) is 0 Å². The molecule has 1 aromatic rings. The van der Waals surface area contributed by atoms with Crippen molar-refractivity contribution in [2.24, 2.45) is 5.73 Å². The molecule has 0 spiro atoms. The Bertz CT molecular complexity index is 425. The highest BCUT2D eigenvalue weighted by molar-refractivity contribution is 7.90. The molecule has 1 rings (SSSR count). The third kappa shape index (κ3) is 3.92. The third-order valence-corrected chi connectivity index (χ3v) is 3.36. The van der Waals surface area contributed by atoms with E-state index in [1.165, 1.54) is 6.26 Å². The van der Waals surface area contributed by atoms with Crippen LogP contribution in [0.15, 0.2) is 29.2 Å². The number of benzene rings is 1. The van der Waals surface area contributed by atoms with Crippen LogP contribution in [0.25, 0.3) is 0 Å². The molecule has 0 saturated heterocycles. The summed E-state index contributed by atoms with van der Waals surface area (Å²) in [6.45, 7) is 0.494. The third-order valence-electron chi connectivity index (χ3n) is 2.23. The van der Waals surface area contributed by atoms with E-state index in [1.807, 2.05) is 0 Å². The topological polar surface area (TPSA) is 69.4 Å². The number of methoxy groups -OCH3 is 1. The first-order valence-corrected chi connectivity index (χ1v) is 6.86. The van der Waals surface area contributed by atoms with Gasteiger partial charge in [0, 0.05) is 19.4 Å². The number of hydrogen-bond donors (Lipinski definition) is 1. The highest BCUT2D eigenvalue weighted by Gasteiger charge is 2.07. The first kappa shape index (κ1) is 13.2. The first-order valence-electron chi connectivity index (χ1n) is 4.97. The van der Waals surface area contributed by atoms with Crippen molar-refractivity contribution in [2.75, 3.05) is 20.0 Å². The molecule has 5 heteroatoms. The number of sulfone groups is 1. The maximum absolute atomic E-state index is 11.2. The highest BCUT2D eigenvalue weighted by atomic mass is 32.2. The zero-order valence-corrected chi connectivity index (χ0v) is 10.3. The van der Waals surface area contributed by atoms with E-state index in [9.17, 15) is 8.42 Å². The largest absolute Gasteiger partial charge is 0.383 e. The molecule has 0 aliphatic heterocycles. The van der Waals surface area contributed by atoms with Crippen LogP contribution in [0.3, 0.4) is 0 Å². The van der Waals surface area contributed by atoms with E-state index < -0.39 is 9.84 Å². The maximum atomic E-state index is 11.2. The smallest absolute Gasteiger partial charge is 0.175 e. The van der Waals surface area contributed by atoms with E-state index in [0.29, 0.717) is 17.9 Å². The van der Waals surface area contributed by atoms with Crippen molar-refractivity contribution in [1.82, 2.24) is 0 Å². The SMILES string of the molecule is COCC(N)Cc1ccc(S(C)(=O)=O)cc1. The quantitative estimate of drug-likeness (QED) is 0.822. The van der Waals surface area contributed by atoms with Crippen LogP contribution in [0, 0.1) is 0 Å². The van der Waals surface area contributed by atoms with Gasteiger partial charge in [0.25, 0.3) is 0 Å². The lowest BCUT2D eigenvalue weighted by Crippen LogP contribution is -2.27. The van der Waals surface area contributed by atoms with Gasteiger partial charge in [-0.1, -0.05) is 12.1 Å². The number of hydrogen-bond acceptors (Lipinski definition) is 4. The molecule has 0 aliphatic rings. The van der Waals surface area contributed by atoms with Crippen molar-refractivity contribution in [3.05, 3.63) is 29.8 Å². The maximum Gasteiger partial charge on any atom is 0.175 e. The average Bonchev–Trinajstić information content (AvgIpc) is 2.17. The molecule has 1 aromatic carbocycles. The molecule has 4 nitrogen and oxygen atoms in total. The molecule has 0 saturated carbocycles. The van der Waals surface area contributed by atoms with Crippen LogP contribution in [0.5, 0.6) is 0 Å². The molecule has 2 N–H and O–H groups in total. The molecule has 90 valence electrons. The molecule has 0 amide bonds. The van der Waals surface area contributed by atoms with E-state index in [1.54, 1.807) is 31.4 Å². The molecular weight excluding hydrogens is 226 g/mol. The van der Waals surface area contributed by atoms with Crippen LogP contribution in [-0.4, -0.2) is 34.4 Å². The van der Waals surface area contributed by atoms with E-state index in [0.717, 1.165) is 5.56 Å². The Morgan fingerprint density at radius 2 is 1.88 bits per heavy atom. The lowest BCUT2D eigenvalue weighted by atomic mass is 10.1. The Balaban J connectivity index is 2.72. The lowest BCUT2D eigenvalue weighted by molar-refractivity contribution is 0.180. The van der Waals surface area contributed by atoms with Gasteiger partial charge >= 0.3 is 0 Å². The van der Waals surface area contributed by atoms with Gasteiger partial charge in [0.1, 0.15) is 0 Å². The fraction of sp³-hybridized carbons (Fsp3) is 0.455. The Morgan fingerprint density at radius 3 is 2.31 bits per heavy atom. The fourth-order valence-electron chi connectivity index (χ4n) is 1.45. The number of rotatable bonds is 5. The van der Waals surface area contributed by atoms with Crippen molar-refractivity contribution in [1.29, 1.82) is 0 Å².